The highest BCUT2D eigenvalue weighted by Gasteiger charge is 2.16. The molecule has 0 bridgehead atoms. The Balaban J connectivity index is 2.02. The minimum atomic E-state index is 0.0819. The van der Waals surface area contributed by atoms with Crippen LogP contribution in [0.15, 0.2) is 36.7 Å². The molecule has 4 heteroatoms. The second kappa shape index (κ2) is 5.13. The van der Waals surface area contributed by atoms with Gasteiger partial charge in [0, 0.05) is 48.1 Å². The molecule has 0 aliphatic heterocycles. The van der Waals surface area contributed by atoms with E-state index in [0.717, 1.165) is 27.7 Å². The maximum atomic E-state index is 12.7. The molecule has 4 nitrogen and oxygen atoms in total. The first-order chi connectivity index (χ1) is 10.1. The Morgan fingerprint density at radius 3 is 2.67 bits per heavy atom. The lowest BCUT2D eigenvalue weighted by atomic mass is 9.99. The molecule has 3 rings (SSSR count). The molecule has 0 radical (unpaired) electrons. The van der Waals surface area contributed by atoms with Crippen LogP contribution in [0.1, 0.15) is 27.3 Å². The summed E-state index contributed by atoms with van der Waals surface area (Å²) in [5, 5.41) is 6.31. The first-order valence-electron chi connectivity index (χ1n) is 6.93. The maximum Gasteiger partial charge on any atom is 0.169 e. The number of aryl methyl sites for hydroxylation is 2. The molecule has 0 saturated carbocycles. The van der Waals surface area contributed by atoms with Crippen molar-refractivity contribution in [3.05, 3.63) is 59.2 Å². The van der Waals surface area contributed by atoms with Gasteiger partial charge in [-0.2, -0.15) is 5.10 Å². The van der Waals surface area contributed by atoms with Crippen LogP contribution in [0.2, 0.25) is 0 Å². The van der Waals surface area contributed by atoms with Gasteiger partial charge in [0.1, 0.15) is 0 Å². The standard InChI is InChI=1S/C17H17N3O/c1-11-15(12(2)20(3)19-11)8-17(21)16-10-18-9-13-6-4-5-7-14(13)16/h4-7,9-10H,8H2,1-3H3. The molecule has 0 N–H and O–H groups in total. The van der Waals surface area contributed by atoms with Crippen molar-refractivity contribution in [3.63, 3.8) is 0 Å². The number of Topliss-reactive ketones (excluding diaryl/α,β-unsaturated/α-hetero) is 1. The number of nitrogens with zero attached hydrogens (tertiary/aromatic N) is 3. The van der Waals surface area contributed by atoms with E-state index in [9.17, 15) is 4.79 Å². The van der Waals surface area contributed by atoms with Crippen LogP contribution in [0, 0.1) is 13.8 Å². The SMILES string of the molecule is Cc1nn(C)c(C)c1CC(=O)c1cncc2ccccc12. The summed E-state index contributed by atoms with van der Waals surface area (Å²) in [6, 6.07) is 7.83. The van der Waals surface area contributed by atoms with Crippen molar-refractivity contribution in [2.24, 2.45) is 7.05 Å². The molecule has 21 heavy (non-hydrogen) atoms. The topological polar surface area (TPSA) is 47.8 Å². The fourth-order valence-electron chi connectivity index (χ4n) is 2.67. The first kappa shape index (κ1) is 13.5. The number of fused-ring (bicyclic) bond motifs is 1. The Bertz CT molecular complexity index is 828. The molecular weight excluding hydrogens is 262 g/mol. The Labute approximate surface area is 123 Å². The van der Waals surface area contributed by atoms with Gasteiger partial charge in [-0.25, -0.2) is 0 Å². The number of benzene rings is 1. The lowest BCUT2D eigenvalue weighted by Crippen LogP contribution is -2.07. The van der Waals surface area contributed by atoms with E-state index in [1.165, 1.54) is 0 Å². The Morgan fingerprint density at radius 2 is 1.95 bits per heavy atom. The predicted molar refractivity (Wildman–Crippen MR) is 82.5 cm³/mol. The maximum absolute atomic E-state index is 12.7. The number of carbonyl (C=O) groups excluding carboxylic acids is 1. The van der Waals surface area contributed by atoms with Crippen molar-refractivity contribution in [2.75, 3.05) is 0 Å². The zero-order valence-electron chi connectivity index (χ0n) is 12.4. The average molecular weight is 279 g/mol. The smallest absolute Gasteiger partial charge is 0.169 e. The number of hydrogen-bond acceptors (Lipinski definition) is 3. The summed E-state index contributed by atoms with van der Waals surface area (Å²) < 4.78 is 1.82. The third-order valence-electron chi connectivity index (χ3n) is 3.96. The highest BCUT2D eigenvalue weighted by Crippen LogP contribution is 2.20. The second-order valence-electron chi connectivity index (χ2n) is 5.28. The van der Waals surface area contributed by atoms with Crippen LogP contribution in [0.4, 0.5) is 0 Å². The summed E-state index contributed by atoms with van der Waals surface area (Å²) in [4.78, 5) is 16.8. The van der Waals surface area contributed by atoms with Crippen LogP contribution in [0.25, 0.3) is 10.8 Å². The Hall–Kier alpha value is -2.49. The highest BCUT2D eigenvalue weighted by molar-refractivity contribution is 6.08. The zero-order valence-corrected chi connectivity index (χ0v) is 12.4. The van der Waals surface area contributed by atoms with Gasteiger partial charge in [0.15, 0.2) is 5.78 Å². The van der Waals surface area contributed by atoms with Gasteiger partial charge in [-0.15, -0.1) is 0 Å². The van der Waals surface area contributed by atoms with Crippen LogP contribution in [0.5, 0.6) is 0 Å². The second-order valence-corrected chi connectivity index (χ2v) is 5.28. The van der Waals surface area contributed by atoms with Crippen LogP contribution < -0.4 is 0 Å². The van der Waals surface area contributed by atoms with Gasteiger partial charge in [-0.05, 0) is 19.2 Å². The van der Waals surface area contributed by atoms with Crippen molar-refractivity contribution in [1.29, 1.82) is 0 Å². The minimum Gasteiger partial charge on any atom is -0.294 e. The minimum absolute atomic E-state index is 0.0819. The lowest BCUT2D eigenvalue weighted by molar-refractivity contribution is 0.0994. The van der Waals surface area contributed by atoms with Gasteiger partial charge >= 0.3 is 0 Å². The number of rotatable bonds is 3. The predicted octanol–water partition coefficient (Wildman–Crippen LogP) is 3.01. The summed E-state index contributed by atoms with van der Waals surface area (Å²) >= 11 is 0. The van der Waals surface area contributed by atoms with Gasteiger partial charge in [-0.3, -0.25) is 14.5 Å². The van der Waals surface area contributed by atoms with Crippen LogP contribution >= 0.6 is 0 Å². The van der Waals surface area contributed by atoms with E-state index in [1.54, 1.807) is 12.4 Å². The van der Waals surface area contributed by atoms with Gasteiger partial charge in [0.2, 0.25) is 0 Å². The van der Waals surface area contributed by atoms with Crippen LogP contribution in [-0.2, 0) is 13.5 Å². The van der Waals surface area contributed by atoms with E-state index in [4.69, 9.17) is 0 Å². The molecule has 0 saturated heterocycles. The third kappa shape index (κ3) is 2.33. The van der Waals surface area contributed by atoms with Crippen molar-refractivity contribution >= 4 is 16.6 Å². The fourth-order valence-corrected chi connectivity index (χ4v) is 2.67. The average Bonchev–Trinajstić information content (AvgIpc) is 2.73. The Morgan fingerprint density at radius 1 is 1.19 bits per heavy atom. The largest absolute Gasteiger partial charge is 0.294 e. The number of aromatic nitrogens is 3. The summed E-state index contributed by atoms with van der Waals surface area (Å²) in [6.45, 7) is 3.93. The molecule has 0 aliphatic carbocycles. The summed E-state index contributed by atoms with van der Waals surface area (Å²) in [7, 11) is 1.90. The van der Waals surface area contributed by atoms with Crippen LogP contribution in [0.3, 0.4) is 0 Å². The molecule has 0 unspecified atom stereocenters. The normalized spacial score (nSPS) is 11.0. The molecule has 0 spiro atoms. The molecule has 2 aromatic heterocycles. The van der Waals surface area contributed by atoms with Crippen molar-refractivity contribution in [1.82, 2.24) is 14.8 Å². The number of ketones is 1. The number of pyridine rings is 1. The zero-order chi connectivity index (χ0) is 15.0. The number of hydrogen-bond donors (Lipinski definition) is 0. The van der Waals surface area contributed by atoms with E-state index in [1.807, 2.05) is 49.8 Å². The summed E-state index contributed by atoms with van der Waals surface area (Å²) in [6.07, 6.45) is 3.81. The van der Waals surface area contributed by atoms with Crippen molar-refractivity contribution < 1.29 is 4.79 Å². The lowest BCUT2D eigenvalue weighted by Gasteiger charge is -2.06. The number of carbonyl (C=O) groups is 1. The quantitative estimate of drug-likeness (QED) is 0.692. The van der Waals surface area contributed by atoms with Gasteiger partial charge in [0.25, 0.3) is 0 Å². The Kier molecular flexibility index (Phi) is 3.29. The van der Waals surface area contributed by atoms with Crippen molar-refractivity contribution in [3.8, 4) is 0 Å². The molecule has 0 amide bonds. The van der Waals surface area contributed by atoms with Crippen LogP contribution in [-0.4, -0.2) is 20.5 Å². The summed E-state index contributed by atoms with van der Waals surface area (Å²) in [5.74, 6) is 0.0819. The van der Waals surface area contributed by atoms with E-state index < -0.39 is 0 Å². The molecule has 0 aliphatic rings. The third-order valence-corrected chi connectivity index (χ3v) is 3.96. The fraction of sp³-hybridized carbons (Fsp3) is 0.235. The highest BCUT2D eigenvalue weighted by atomic mass is 16.1. The van der Waals surface area contributed by atoms with E-state index in [0.29, 0.717) is 12.0 Å². The van der Waals surface area contributed by atoms with Crippen molar-refractivity contribution in [2.45, 2.75) is 20.3 Å². The van der Waals surface area contributed by atoms with Gasteiger partial charge in [0.05, 0.1) is 5.69 Å². The monoisotopic (exact) mass is 279 g/mol. The molecule has 0 fully saturated rings. The van der Waals surface area contributed by atoms with E-state index in [2.05, 4.69) is 10.1 Å². The molecule has 2 heterocycles. The molecule has 106 valence electrons. The molecular formula is C17H17N3O. The molecule has 0 atom stereocenters. The first-order valence-corrected chi connectivity index (χ1v) is 6.93. The van der Waals surface area contributed by atoms with E-state index >= 15 is 0 Å². The van der Waals surface area contributed by atoms with Gasteiger partial charge in [-0.1, -0.05) is 24.3 Å². The van der Waals surface area contributed by atoms with Gasteiger partial charge < -0.3 is 0 Å². The summed E-state index contributed by atoms with van der Waals surface area (Å²) in [5.41, 5.74) is 3.64. The van der Waals surface area contributed by atoms with E-state index in [-0.39, 0.29) is 5.78 Å². The molecule has 3 aromatic rings. The molecule has 1 aromatic carbocycles.